The fourth-order valence-corrected chi connectivity index (χ4v) is 1.07. The Kier molecular flexibility index (Phi) is 0.460. The van der Waals surface area contributed by atoms with E-state index in [0.717, 1.165) is 0 Å². The Morgan fingerprint density at radius 2 is 2.00 bits per heavy atom. The van der Waals surface area contributed by atoms with Gasteiger partial charge < -0.3 is 4.74 Å². The van der Waals surface area contributed by atoms with Crippen molar-refractivity contribution in [3.05, 3.63) is 0 Å². The lowest BCUT2D eigenvalue weighted by molar-refractivity contribution is -0.119. The molecule has 0 N–H and O–H groups in total. The molecule has 1 unspecified atom stereocenters. The van der Waals surface area contributed by atoms with E-state index in [4.69, 9.17) is 4.74 Å². The van der Waals surface area contributed by atoms with E-state index in [1.54, 1.807) is 0 Å². The largest absolute Gasteiger partial charge is 0.369 e. The molecule has 1 saturated carbocycles. The summed E-state index contributed by atoms with van der Waals surface area (Å²) in [6, 6.07) is 0. The fourth-order valence-electron chi connectivity index (χ4n) is 1.07. The number of rotatable bonds is 0. The molecule has 1 saturated heterocycles. The van der Waals surface area contributed by atoms with Gasteiger partial charge >= 0.3 is 0 Å². The number of hydrogen-bond donors (Lipinski definition) is 0. The van der Waals surface area contributed by atoms with Gasteiger partial charge in [-0.2, -0.15) is 0 Å². The Balaban J connectivity index is 2.14. The smallest absolute Gasteiger partial charge is 0.138 e. The van der Waals surface area contributed by atoms with Crippen LogP contribution in [-0.2, 0) is 9.53 Å². The van der Waals surface area contributed by atoms with E-state index in [1.807, 2.05) is 0 Å². The number of ketones is 1. The topological polar surface area (TPSA) is 29.6 Å². The highest BCUT2D eigenvalue weighted by molar-refractivity contribution is 5.83. The van der Waals surface area contributed by atoms with Gasteiger partial charge in [-0.3, -0.25) is 4.79 Å². The van der Waals surface area contributed by atoms with Gasteiger partial charge in [0.15, 0.2) is 0 Å². The van der Waals surface area contributed by atoms with Crippen molar-refractivity contribution in [1.29, 1.82) is 0 Å². The first kappa shape index (κ1) is 3.61. The minimum atomic E-state index is 0.340. The van der Waals surface area contributed by atoms with Gasteiger partial charge in [0.25, 0.3) is 0 Å². The van der Waals surface area contributed by atoms with Gasteiger partial charge in [0, 0.05) is 12.8 Å². The highest BCUT2D eigenvalue weighted by atomic mass is 16.6. The van der Waals surface area contributed by atoms with Crippen LogP contribution in [0.3, 0.4) is 0 Å². The SMILES string of the molecule is O=C1CC2O[C@@H]2C1. The number of ether oxygens (including phenoxy) is 1. The molecule has 2 aliphatic rings. The predicted octanol–water partition coefficient (Wildman–Crippen LogP) is 0.117. The van der Waals surface area contributed by atoms with Gasteiger partial charge in [0.05, 0.1) is 12.2 Å². The number of epoxide rings is 1. The fraction of sp³-hybridized carbons (Fsp3) is 0.800. The molecule has 38 valence electrons. The lowest BCUT2D eigenvalue weighted by atomic mass is 10.3. The van der Waals surface area contributed by atoms with Gasteiger partial charge in [-0.15, -0.1) is 0 Å². The summed E-state index contributed by atoms with van der Waals surface area (Å²) in [6.45, 7) is 0. The molecule has 2 rings (SSSR count). The summed E-state index contributed by atoms with van der Waals surface area (Å²) in [5.74, 6) is 0.376. The van der Waals surface area contributed by atoms with Crippen LogP contribution in [0.2, 0.25) is 0 Å². The van der Waals surface area contributed by atoms with Crippen LogP contribution in [-0.4, -0.2) is 18.0 Å². The van der Waals surface area contributed by atoms with Gasteiger partial charge in [-0.1, -0.05) is 0 Å². The minimum Gasteiger partial charge on any atom is -0.369 e. The molecule has 0 bridgehead atoms. The van der Waals surface area contributed by atoms with Gasteiger partial charge in [-0.05, 0) is 0 Å². The molecular formula is C5H6O2. The van der Waals surface area contributed by atoms with Crippen LogP contribution in [0.15, 0.2) is 0 Å². The van der Waals surface area contributed by atoms with Crippen LogP contribution in [0.4, 0.5) is 0 Å². The van der Waals surface area contributed by atoms with Crippen LogP contribution >= 0.6 is 0 Å². The van der Waals surface area contributed by atoms with Crippen molar-refractivity contribution in [3.63, 3.8) is 0 Å². The summed E-state index contributed by atoms with van der Waals surface area (Å²) in [5.41, 5.74) is 0. The van der Waals surface area contributed by atoms with E-state index >= 15 is 0 Å². The van der Waals surface area contributed by atoms with Crippen molar-refractivity contribution in [2.45, 2.75) is 25.0 Å². The third kappa shape index (κ3) is 0.399. The molecule has 2 heteroatoms. The van der Waals surface area contributed by atoms with Gasteiger partial charge in [0.2, 0.25) is 0 Å². The first-order chi connectivity index (χ1) is 3.36. The van der Waals surface area contributed by atoms with Crippen molar-refractivity contribution in [3.8, 4) is 0 Å². The molecular weight excluding hydrogens is 92.1 g/mol. The van der Waals surface area contributed by atoms with Crippen molar-refractivity contribution in [1.82, 2.24) is 0 Å². The second-order valence-electron chi connectivity index (χ2n) is 2.16. The summed E-state index contributed by atoms with van der Waals surface area (Å²) >= 11 is 0. The van der Waals surface area contributed by atoms with Gasteiger partial charge in [0.1, 0.15) is 5.78 Å². The highest BCUT2D eigenvalue weighted by Crippen LogP contribution is 2.35. The Labute approximate surface area is 41.5 Å². The quantitative estimate of drug-likeness (QED) is 0.403. The Hall–Kier alpha value is -0.370. The molecule has 0 aromatic heterocycles. The average molecular weight is 98.1 g/mol. The molecule has 0 radical (unpaired) electrons. The molecule has 0 spiro atoms. The Morgan fingerprint density at radius 1 is 1.43 bits per heavy atom. The molecule has 1 aliphatic carbocycles. The maximum absolute atomic E-state index is 10.4. The first-order valence-corrected chi connectivity index (χ1v) is 2.53. The summed E-state index contributed by atoms with van der Waals surface area (Å²) < 4.78 is 5.00. The zero-order chi connectivity index (χ0) is 4.85. The highest BCUT2D eigenvalue weighted by Gasteiger charge is 2.47. The van der Waals surface area contributed by atoms with E-state index in [-0.39, 0.29) is 0 Å². The van der Waals surface area contributed by atoms with E-state index in [2.05, 4.69) is 0 Å². The summed E-state index contributed by atoms with van der Waals surface area (Å²) in [6.07, 6.45) is 2.05. The lowest BCUT2D eigenvalue weighted by Crippen LogP contribution is -1.93. The zero-order valence-electron chi connectivity index (χ0n) is 3.89. The van der Waals surface area contributed by atoms with E-state index < -0.39 is 0 Å². The normalized spacial score (nSPS) is 46.6. The molecule has 2 nitrogen and oxygen atoms in total. The van der Waals surface area contributed by atoms with Crippen LogP contribution in [0.1, 0.15) is 12.8 Å². The molecule has 2 fully saturated rings. The van der Waals surface area contributed by atoms with Crippen molar-refractivity contribution in [2.24, 2.45) is 0 Å². The third-order valence-electron chi connectivity index (χ3n) is 1.55. The van der Waals surface area contributed by atoms with Crippen molar-refractivity contribution >= 4 is 5.78 Å². The van der Waals surface area contributed by atoms with E-state index in [1.165, 1.54) is 0 Å². The summed E-state index contributed by atoms with van der Waals surface area (Å²) in [7, 11) is 0. The van der Waals surface area contributed by atoms with Crippen LogP contribution in [0, 0.1) is 0 Å². The molecule has 0 amide bonds. The molecule has 0 aromatic carbocycles. The Morgan fingerprint density at radius 3 is 2.29 bits per heavy atom. The average Bonchev–Trinajstić information content (AvgIpc) is 2.15. The zero-order valence-corrected chi connectivity index (χ0v) is 3.89. The molecule has 0 aromatic rings. The van der Waals surface area contributed by atoms with Crippen LogP contribution in [0.25, 0.3) is 0 Å². The number of carbonyl (C=O) groups is 1. The maximum Gasteiger partial charge on any atom is 0.138 e. The monoisotopic (exact) mass is 98.0 g/mol. The van der Waals surface area contributed by atoms with Crippen molar-refractivity contribution in [2.75, 3.05) is 0 Å². The lowest BCUT2D eigenvalue weighted by Gasteiger charge is -1.83. The number of carbonyl (C=O) groups excluding carboxylic acids is 1. The van der Waals surface area contributed by atoms with Crippen LogP contribution < -0.4 is 0 Å². The second kappa shape index (κ2) is 0.892. The summed E-state index contributed by atoms with van der Waals surface area (Å²) in [5, 5.41) is 0. The first-order valence-electron chi connectivity index (χ1n) is 2.53. The third-order valence-corrected chi connectivity index (χ3v) is 1.55. The molecule has 7 heavy (non-hydrogen) atoms. The number of hydrogen-bond acceptors (Lipinski definition) is 2. The Bertz CT molecular complexity index is 107. The maximum atomic E-state index is 10.4. The second-order valence-corrected chi connectivity index (χ2v) is 2.16. The molecule has 1 heterocycles. The molecule has 2 atom stereocenters. The molecule has 1 aliphatic heterocycles. The number of Topliss-reactive ketones (excluding diaryl/α,β-unsaturated/α-hetero) is 1. The summed E-state index contributed by atoms with van der Waals surface area (Å²) in [4.78, 5) is 10.4. The predicted molar refractivity (Wildman–Crippen MR) is 22.9 cm³/mol. The van der Waals surface area contributed by atoms with Gasteiger partial charge in [-0.25, -0.2) is 0 Å². The number of fused-ring (bicyclic) bond motifs is 1. The standard InChI is InChI=1S/C5H6O2/c6-3-1-4-5(2-3)7-4/h4-5H,1-2H2/t4-,5?/m1/s1. The van der Waals surface area contributed by atoms with Crippen molar-refractivity contribution < 1.29 is 9.53 Å². The van der Waals surface area contributed by atoms with Crippen LogP contribution in [0.5, 0.6) is 0 Å². The minimum absolute atomic E-state index is 0.340. The van der Waals surface area contributed by atoms with E-state index in [0.29, 0.717) is 30.8 Å². The van der Waals surface area contributed by atoms with E-state index in [9.17, 15) is 4.79 Å².